The molecule has 0 aliphatic carbocycles. The number of hydrogen-bond donors (Lipinski definition) is 2. The van der Waals surface area contributed by atoms with Crippen LogP contribution in [0.4, 0.5) is 11.8 Å². The van der Waals surface area contributed by atoms with Gasteiger partial charge >= 0.3 is 0 Å². The van der Waals surface area contributed by atoms with Gasteiger partial charge in [0.05, 0.1) is 12.8 Å². The standard InChI is InChI=1S/C19H29N5O/c1-13(2)24(14(3)4)11-10-21-18-12-17(22-19(20)23-18)15-6-8-16(25-5)9-7-15/h6-9,12-14H,10-11H2,1-5H3,(H3,20,21,22,23). The monoisotopic (exact) mass is 343 g/mol. The molecule has 6 heteroatoms. The fourth-order valence-electron chi connectivity index (χ4n) is 2.89. The Bertz CT molecular complexity index is 662. The van der Waals surface area contributed by atoms with Crippen molar-refractivity contribution in [3.05, 3.63) is 30.3 Å². The lowest BCUT2D eigenvalue weighted by Crippen LogP contribution is -2.40. The first-order valence-electron chi connectivity index (χ1n) is 8.69. The van der Waals surface area contributed by atoms with Gasteiger partial charge in [-0.1, -0.05) is 0 Å². The Morgan fingerprint density at radius 1 is 1.08 bits per heavy atom. The highest BCUT2D eigenvalue weighted by molar-refractivity contribution is 5.64. The zero-order valence-corrected chi connectivity index (χ0v) is 15.8. The molecule has 1 heterocycles. The zero-order chi connectivity index (χ0) is 18.4. The molecule has 0 atom stereocenters. The first-order chi connectivity index (χ1) is 11.9. The van der Waals surface area contributed by atoms with E-state index < -0.39 is 0 Å². The van der Waals surface area contributed by atoms with E-state index in [1.54, 1.807) is 7.11 Å². The van der Waals surface area contributed by atoms with Crippen molar-refractivity contribution in [2.45, 2.75) is 39.8 Å². The van der Waals surface area contributed by atoms with Gasteiger partial charge in [-0.25, -0.2) is 4.98 Å². The van der Waals surface area contributed by atoms with Crippen LogP contribution in [0.2, 0.25) is 0 Å². The molecule has 0 fully saturated rings. The van der Waals surface area contributed by atoms with E-state index in [0.717, 1.165) is 35.9 Å². The molecule has 6 nitrogen and oxygen atoms in total. The fourth-order valence-corrected chi connectivity index (χ4v) is 2.89. The molecule has 0 saturated heterocycles. The van der Waals surface area contributed by atoms with Gasteiger partial charge in [-0.15, -0.1) is 0 Å². The number of anilines is 2. The van der Waals surface area contributed by atoms with Gasteiger partial charge in [0.1, 0.15) is 11.6 Å². The molecule has 0 radical (unpaired) electrons. The second-order valence-electron chi connectivity index (χ2n) is 6.58. The van der Waals surface area contributed by atoms with Gasteiger partial charge in [0.15, 0.2) is 0 Å². The van der Waals surface area contributed by atoms with Crippen LogP contribution >= 0.6 is 0 Å². The van der Waals surface area contributed by atoms with E-state index in [1.165, 1.54) is 0 Å². The highest BCUT2D eigenvalue weighted by Crippen LogP contribution is 2.23. The topological polar surface area (TPSA) is 76.3 Å². The smallest absolute Gasteiger partial charge is 0.222 e. The highest BCUT2D eigenvalue weighted by atomic mass is 16.5. The van der Waals surface area contributed by atoms with Gasteiger partial charge in [-0.2, -0.15) is 4.98 Å². The predicted octanol–water partition coefficient (Wildman–Crippen LogP) is 3.27. The Balaban J connectivity index is 2.08. The van der Waals surface area contributed by atoms with E-state index in [2.05, 4.69) is 47.9 Å². The predicted molar refractivity (Wildman–Crippen MR) is 104 cm³/mol. The number of nitrogens with two attached hydrogens (primary N) is 1. The van der Waals surface area contributed by atoms with E-state index in [1.807, 2.05) is 30.3 Å². The Hall–Kier alpha value is -2.34. The Labute approximate surface area is 150 Å². The lowest BCUT2D eigenvalue weighted by molar-refractivity contribution is 0.182. The van der Waals surface area contributed by atoms with Gasteiger partial charge in [0.25, 0.3) is 0 Å². The van der Waals surface area contributed by atoms with Crippen molar-refractivity contribution in [3.8, 4) is 17.0 Å². The number of nitrogens with zero attached hydrogens (tertiary/aromatic N) is 3. The summed E-state index contributed by atoms with van der Waals surface area (Å²) in [5.41, 5.74) is 7.65. The van der Waals surface area contributed by atoms with Crippen LogP contribution in [0.5, 0.6) is 5.75 Å². The number of ether oxygens (including phenoxy) is 1. The number of rotatable bonds is 8. The van der Waals surface area contributed by atoms with E-state index in [4.69, 9.17) is 10.5 Å². The zero-order valence-electron chi connectivity index (χ0n) is 15.8. The van der Waals surface area contributed by atoms with Crippen molar-refractivity contribution in [2.24, 2.45) is 0 Å². The van der Waals surface area contributed by atoms with Crippen LogP contribution in [-0.4, -0.2) is 47.2 Å². The average molecular weight is 343 g/mol. The summed E-state index contributed by atoms with van der Waals surface area (Å²) < 4.78 is 5.19. The summed E-state index contributed by atoms with van der Waals surface area (Å²) >= 11 is 0. The van der Waals surface area contributed by atoms with Gasteiger partial charge < -0.3 is 15.8 Å². The lowest BCUT2D eigenvalue weighted by Gasteiger charge is -2.30. The largest absolute Gasteiger partial charge is 0.497 e. The van der Waals surface area contributed by atoms with E-state index >= 15 is 0 Å². The molecule has 0 aliphatic heterocycles. The maximum Gasteiger partial charge on any atom is 0.222 e. The molecular weight excluding hydrogens is 314 g/mol. The molecule has 0 unspecified atom stereocenters. The van der Waals surface area contributed by atoms with Crippen molar-refractivity contribution >= 4 is 11.8 Å². The maximum atomic E-state index is 5.88. The van der Waals surface area contributed by atoms with Crippen LogP contribution in [0, 0.1) is 0 Å². The molecular formula is C19H29N5O. The summed E-state index contributed by atoms with van der Waals surface area (Å²) in [5, 5.41) is 3.36. The molecule has 2 rings (SSSR count). The molecule has 0 bridgehead atoms. The lowest BCUT2D eigenvalue weighted by atomic mass is 10.1. The molecule has 0 spiro atoms. The van der Waals surface area contributed by atoms with Crippen LogP contribution in [-0.2, 0) is 0 Å². The van der Waals surface area contributed by atoms with Crippen LogP contribution < -0.4 is 15.8 Å². The van der Waals surface area contributed by atoms with Gasteiger partial charge in [-0.3, -0.25) is 4.90 Å². The number of methoxy groups -OCH3 is 1. The Morgan fingerprint density at radius 2 is 1.72 bits per heavy atom. The molecule has 0 saturated carbocycles. The Morgan fingerprint density at radius 3 is 2.28 bits per heavy atom. The second-order valence-corrected chi connectivity index (χ2v) is 6.58. The van der Waals surface area contributed by atoms with Gasteiger partial charge in [0, 0.05) is 36.8 Å². The molecule has 0 aliphatic rings. The van der Waals surface area contributed by atoms with E-state index in [9.17, 15) is 0 Å². The number of aromatic nitrogens is 2. The van der Waals surface area contributed by atoms with Crippen molar-refractivity contribution in [1.82, 2.24) is 14.9 Å². The molecule has 0 amide bonds. The minimum Gasteiger partial charge on any atom is -0.497 e. The van der Waals surface area contributed by atoms with Crippen LogP contribution in [0.25, 0.3) is 11.3 Å². The molecule has 2 aromatic rings. The number of nitrogen functional groups attached to an aromatic ring is 1. The van der Waals surface area contributed by atoms with E-state index in [-0.39, 0.29) is 5.95 Å². The second kappa shape index (κ2) is 8.67. The summed E-state index contributed by atoms with van der Waals surface area (Å²) in [6.45, 7) is 10.6. The van der Waals surface area contributed by atoms with Gasteiger partial charge in [0.2, 0.25) is 5.95 Å². The number of nitrogens with one attached hydrogen (secondary N) is 1. The third-order valence-corrected chi connectivity index (χ3v) is 4.13. The summed E-state index contributed by atoms with van der Waals surface area (Å²) in [4.78, 5) is 11.1. The van der Waals surface area contributed by atoms with Crippen LogP contribution in [0.1, 0.15) is 27.7 Å². The van der Waals surface area contributed by atoms with Crippen molar-refractivity contribution in [3.63, 3.8) is 0 Å². The molecule has 3 N–H and O–H groups in total. The quantitative estimate of drug-likeness (QED) is 0.766. The highest BCUT2D eigenvalue weighted by Gasteiger charge is 2.13. The molecule has 1 aromatic heterocycles. The summed E-state index contributed by atoms with van der Waals surface area (Å²) in [7, 11) is 1.65. The molecule has 1 aromatic carbocycles. The number of benzene rings is 1. The first kappa shape index (κ1) is 19.0. The summed E-state index contributed by atoms with van der Waals surface area (Å²) in [5.74, 6) is 1.82. The van der Waals surface area contributed by atoms with Crippen molar-refractivity contribution in [2.75, 3.05) is 31.2 Å². The van der Waals surface area contributed by atoms with Crippen LogP contribution in [0.3, 0.4) is 0 Å². The minimum atomic E-state index is 0.264. The SMILES string of the molecule is COc1ccc(-c2cc(NCCN(C(C)C)C(C)C)nc(N)n2)cc1. The number of hydrogen-bond acceptors (Lipinski definition) is 6. The summed E-state index contributed by atoms with van der Waals surface area (Å²) in [6, 6.07) is 10.7. The van der Waals surface area contributed by atoms with E-state index in [0.29, 0.717) is 12.1 Å². The fraction of sp³-hybridized carbons (Fsp3) is 0.474. The molecule has 25 heavy (non-hydrogen) atoms. The van der Waals surface area contributed by atoms with Gasteiger partial charge in [-0.05, 0) is 52.0 Å². The first-order valence-corrected chi connectivity index (χ1v) is 8.69. The minimum absolute atomic E-state index is 0.264. The third kappa shape index (κ3) is 5.32. The van der Waals surface area contributed by atoms with Crippen LogP contribution in [0.15, 0.2) is 30.3 Å². The van der Waals surface area contributed by atoms with Crippen molar-refractivity contribution in [1.29, 1.82) is 0 Å². The third-order valence-electron chi connectivity index (χ3n) is 4.13. The normalized spacial score (nSPS) is 11.4. The summed E-state index contributed by atoms with van der Waals surface area (Å²) in [6.07, 6.45) is 0. The maximum absolute atomic E-state index is 5.88. The average Bonchev–Trinajstić information content (AvgIpc) is 2.57. The van der Waals surface area contributed by atoms with Crippen molar-refractivity contribution < 1.29 is 4.74 Å². The Kier molecular flexibility index (Phi) is 6.58. The molecule has 136 valence electrons.